The predicted octanol–water partition coefficient (Wildman–Crippen LogP) is 0.878. The molecule has 0 saturated carbocycles. The SMILES string of the molecule is O=C(O)CC1(S)N=NN=N1. The summed E-state index contributed by atoms with van der Waals surface area (Å²) in [5.74, 6) is -1.03. The number of nitrogens with zero attached hydrogens (tertiary/aromatic N) is 4. The molecule has 6 nitrogen and oxygen atoms in total. The van der Waals surface area contributed by atoms with Gasteiger partial charge in [-0.15, -0.1) is 22.9 Å². The second-order valence-corrected chi connectivity index (χ2v) is 2.44. The fraction of sp³-hybridized carbons (Fsp3) is 0.667. The summed E-state index contributed by atoms with van der Waals surface area (Å²) in [6, 6.07) is 0. The molecular weight excluding hydrogens is 156 g/mol. The second-order valence-electron chi connectivity index (χ2n) is 1.72. The molecule has 0 fully saturated rings. The standard InChI is InChI=1S/C3H4N4O2S/c8-2(9)1-3(10)4-6-7-5-3/h10H,1H2,(H,8,9). The molecule has 0 aliphatic carbocycles. The van der Waals surface area contributed by atoms with Crippen LogP contribution in [0, 0.1) is 0 Å². The molecule has 0 aromatic carbocycles. The zero-order valence-corrected chi connectivity index (χ0v) is 5.69. The van der Waals surface area contributed by atoms with E-state index in [4.69, 9.17) is 5.11 Å². The van der Waals surface area contributed by atoms with Crippen LogP contribution in [0.3, 0.4) is 0 Å². The van der Waals surface area contributed by atoms with Gasteiger partial charge in [-0.2, -0.15) is 0 Å². The first-order chi connectivity index (χ1) is 4.62. The van der Waals surface area contributed by atoms with Crippen LogP contribution in [-0.4, -0.2) is 16.1 Å². The highest BCUT2D eigenvalue weighted by atomic mass is 32.1. The molecule has 0 atom stereocenters. The number of carboxylic acid groups (broad SMARTS) is 1. The lowest BCUT2D eigenvalue weighted by Gasteiger charge is -2.06. The summed E-state index contributed by atoms with van der Waals surface area (Å²) >= 11 is 3.82. The number of hydrogen-bond donors (Lipinski definition) is 2. The number of hydrogen-bond acceptors (Lipinski definition) is 6. The molecular formula is C3H4N4O2S. The lowest BCUT2D eigenvalue weighted by molar-refractivity contribution is -0.137. The fourth-order valence-electron chi connectivity index (χ4n) is 0.477. The summed E-state index contributed by atoms with van der Waals surface area (Å²) < 4.78 is 0. The Labute approximate surface area is 61.4 Å². The Bertz CT molecular complexity index is 201. The van der Waals surface area contributed by atoms with Gasteiger partial charge in [0.1, 0.15) is 6.42 Å². The molecule has 7 heteroatoms. The van der Waals surface area contributed by atoms with Gasteiger partial charge in [0.15, 0.2) is 0 Å². The Balaban J connectivity index is 2.62. The van der Waals surface area contributed by atoms with Gasteiger partial charge in [-0.05, 0) is 10.4 Å². The average Bonchev–Trinajstić information content (AvgIpc) is 2.12. The van der Waals surface area contributed by atoms with E-state index in [-0.39, 0.29) is 6.42 Å². The molecule has 10 heavy (non-hydrogen) atoms. The molecule has 1 aliphatic rings. The van der Waals surface area contributed by atoms with E-state index in [9.17, 15) is 4.79 Å². The lowest BCUT2D eigenvalue weighted by Crippen LogP contribution is -2.17. The number of carboxylic acids is 1. The van der Waals surface area contributed by atoms with E-state index in [2.05, 4.69) is 33.3 Å². The molecule has 0 amide bonds. The summed E-state index contributed by atoms with van der Waals surface area (Å²) in [5, 5.41) is 21.3. The highest BCUT2D eigenvalue weighted by molar-refractivity contribution is 7.81. The van der Waals surface area contributed by atoms with Gasteiger partial charge >= 0.3 is 5.97 Å². The Hall–Kier alpha value is -0.980. The summed E-state index contributed by atoms with van der Waals surface area (Å²) in [5.41, 5.74) is 0. The van der Waals surface area contributed by atoms with Gasteiger partial charge in [-0.25, -0.2) is 0 Å². The first kappa shape index (κ1) is 7.13. The molecule has 0 saturated heterocycles. The van der Waals surface area contributed by atoms with Crippen molar-refractivity contribution in [1.29, 1.82) is 0 Å². The van der Waals surface area contributed by atoms with Crippen molar-refractivity contribution < 1.29 is 9.90 Å². The van der Waals surface area contributed by atoms with Crippen LogP contribution in [0.25, 0.3) is 0 Å². The van der Waals surface area contributed by atoms with Crippen molar-refractivity contribution in [3.05, 3.63) is 0 Å². The van der Waals surface area contributed by atoms with Crippen LogP contribution in [0.2, 0.25) is 0 Å². The Kier molecular flexibility index (Phi) is 1.66. The molecule has 0 unspecified atom stereocenters. The van der Waals surface area contributed by atoms with Crippen LogP contribution in [-0.2, 0) is 4.79 Å². The topological polar surface area (TPSA) is 86.7 Å². The molecule has 1 heterocycles. The van der Waals surface area contributed by atoms with Crippen LogP contribution in [0.15, 0.2) is 20.7 Å². The number of carbonyl (C=O) groups is 1. The van der Waals surface area contributed by atoms with Gasteiger partial charge in [0.2, 0.25) is 4.99 Å². The molecule has 0 spiro atoms. The zero-order chi connectivity index (χ0) is 7.61. The van der Waals surface area contributed by atoms with Gasteiger partial charge in [-0.3, -0.25) is 4.79 Å². The maximum atomic E-state index is 10.1. The minimum absolute atomic E-state index is 0.302. The molecule has 1 N–H and O–H groups in total. The minimum Gasteiger partial charge on any atom is -0.481 e. The normalized spacial score (nSPS) is 19.7. The summed E-state index contributed by atoms with van der Waals surface area (Å²) in [6.45, 7) is 0. The van der Waals surface area contributed by atoms with E-state index in [1.54, 1.807) is 0 Å². The molecule has 0 aromatic heterocycles. The van der Waals surface area contributed by atoms with E-state index >= 15 is 0 Å². The van der Waals surface area contributed by atoms with E-state index in [1.807, 2.05) is 0 Å². The first-order valence-corrected chi connectivity index (χ1v) is 2.85. The average molecular weight is 160 g/mol. The van der Waals surface area contributed by atoms with Gasteiger partial charge in [0.05, 0.1) is 0 Å². The predicted molar refractivity (Wildman–Crippen MR) is 33.7 cm³/mol. The van der Waals surface area contributed by atoms with Crippen molar-refractivity contribution in [3.8, 4) is 0 Å². The third-order valence-electron chi connectivity index (χ3n) is 0.838. The van der Waals surface area contributed by atoms with Crippen LogP contribution in [0.1, 0.15) is 6.42 Å². The molecule has 54 valence electrons. The van der Waals surface area contributed by atoms with Crippen molar-refractivity contribution in [3.63, 3.8) is 0 Å². The van der Waals surface area contributed by atoms with E-state index in [1.165, 1.54) is 0 Å². The molecule has 0 bridgehead atoms. The number of thiol groups is 1. The third kappa shape index (κ3) is 1.50. The fourth-order valence-corrected chi connectivity index (χ4v) is 0.692. The number of rotatable bonds is 2. The zero-order valence-electron chi connectivity index (χ0n) is 4.80. The van der Waals surface area contributed by atoms with Crippen molar-refractivity contribution >= 4 is 18.6 Å². The third-order valence-corrected chi connectivity index (χ3v) is 1.18. The second kappa shape index (κ2) is 2.33. The summed E-state index contributed by atoms with van der Waals surface area (Å²) in [4.78, 5) is 8.84. The van der Waals surface area contributed by atoms with Crippen LogP contribution < -0.4 is 0 Å². The van der Waals surface area contributed by atoms with E-state index < -0.39 is 11.0 Å². The van der Waals surface area contributed by atoms with Crippen LogP contribution in [0.5, 0.6) is 0 Å². The quantitative estimate of drug-likeness (QED) is 0.587. The largest absolute Gasteiger partial charge is 0.481 e. The van der Waals surface area contributed by atoms with Crippen molar-refractivity contribution in [1.82, 2.24) is 0 Å². The van der Waals surface area contributed by atoms with Crippen LogP contribution in [0.4, 0.5) is 0 Å². The Morgan fingerprint density at radius 2 is 2.00 bits per heavy atom. The Morgan fingerprint density at radius 1 is 1.50 bits per heavy atom. The van der Waals surface area contributed by atoms with Gasteiger partial charge in [-0.1, -0.05) is 0 Å². The molecule has 1 aliphatic heterocycles. The smallest absolute Gasteiger partial charge is 0.308 e. The highest BCUT2D eigenvalue weighted by Crippen LogP contribution is 2.27. The summed E-state index contributed by atoms with van der Waals surface area (Å²) in [6.07, 6.45) is -0.302. The van der Waals surface area contributed by atoms with Crippen LogP contribution >= 0.6 is 12.6 Å². The maximum absolute atomic E-state index is 10.1. The monoisotopic (exact) mass is 160 g/mol. The molecule has 1 rings (SSSR count). The maximum Gasteiger partial charge on any atom is 0.308 e. The van der Waals surface area contributed by atoms with Crippen molar-refractivity contribution in [2.24, 2.45) is 20.7 Å². The summed E-state index contributed by atoms with van der Waals surface area (Å²) in [7, 11) is 0. The minimum atomic E-state index is -1.27. The van der Waals surface area contributed by atoms with Crippen molar-refractivity contribution in [2.75, 3.05) is 0 Å². The van der Waals surface area contributed by atoms with E-state index in [0.717, 1.165) is 0 Å². The van der Waals surface area contributed by atoms with E-state index in [0.29, 0.717) is 0 Å². The Morgan fingerprint density at radius 3 is 2.40 bits per heavy atom. The molecule has 0 radical (unpaired) electrons. The highest BCUT2D eigenvalue weighted by Gasteiger charge is 2.31. The van der Waals surface area contributed by atoms with Gasteiger partial charge in [0, 0.05) is 0 Å². The first-order valence-electron chi connectivity index (χ1n) is 2.41. The van der Waals surface area contributed by atoms with Crippen molar-refractivity contribution in [2.45, 2.75) is 11.4 Å². The van der Waals surface area contributed by atoms with Gasteiger partial charge in [0.25, 0.3) is 0 Å². The molecule has 0 aromatic rings. The number of aliphatic carboxylic acids is 1. The van der Waals surface area contributed by atoms with Gasteiger partial charge < -0.3 is 5.11 Å². The lowest BCUT2D eigenvalue weighted by atomic mass is 10.3.